The zero-order valence-corrected chi connectivity index (χ0v) is 10.2. The van der Waals surface area contributed by atoms with Gasteiger partial charge < -0.3 is 29.5 Å². The van der Waals surface area contributed by atoms with Gasteiger partial charge in [0.25, 0.3) is 0 Å². The maximum Gasteiger partial charge on any atom is 0.190 e. The molecule has 1 saturated carbocycles. The molecule has 3 rings (SSSR count). The Hall–Kier alpha value is -0.240. The van der Waals surface area contributed by atoms with Crippen molar-refractivity contribution in [3.63, 3.8) is 0 Å². The summed E-state index contributed by atoms with van der Waals surface area (Å²) in [5.41, 5.74) is 0. The van der Waals surface area contributed by atoms with E-state index in [9.17, 15) is 10.2 Å². The summed E-state index contributed by atoms with van der Waals surface area (Å²) >= 11 is 0. The molecule has 3 N–H and O–H groups in total. The zero-order valence-electron chi connectivity index (χ0n) is 10.2. The Bertz CT molecular complexity index is 303. The first-order chi connectivity index (χ1) is 8.65. The van der Waals surface area contributed by atoms with Crippen LogP contribution in [0.2, 0.25) is 0 Å². The number of hydrogen-bond acceptors (Lipinski definition) is 6. The lowest BCUT2D eigenvalue weighted by molar-refractivity contribution is -0.254. The van der Waals surface area contributed by atoms with Crippen LogP contribution in [0.4, 0.5) is 0 Å². The molecular weight excluding hydrogens is 240 g/mol. The molecule has 6 nitrogen and oxygen atoms in total. The summed E-state index contributed by atoms with van der Waals surface area (Å²) in [6.45, 7) is -0.452. The number of hydrogen-bond donors (Lipinski definition) is 3. The van der Waals surface area contributed by atoms with Gasteiger partial charge in [-0.2, -0.15) is 0 Å². The average Bonchev–Trinajstić information content (AvgIpc) is 2.86. The second-order valence-corrected chi connectivity index (χ2v) is 5.38. The third-order valence-corrected chi connectivity index (χ3v) is 4.10. The van der Waals surface area contributed by atoms with E-state index in [-0.39, 0.29) is 0 Å². The van der Waals surface area contributed by atoms with E-state index in [2.05, 4.69) is 0 Å². The molecular formula is C12H20O6. The molecule has 3 fully saturated rings. The maximum absolute atomic E-state index is 10.1. The van der Waals surface area contributed by atoms with Crippen LogP contribution in [0.5, 0.6) is 0 Å². The first kappa shape index (κ1) is 12.8. The normalized spacial score (nSPS) is 44.2. The van der Waals surface area contributed by atoms with Crippen LogP contribution in [-0.2, 0) is 14.2 Å². The molecule has 0 aromatic carbocycles. The van der Waals surface area contributed by atoms with Crippen molar-refractivity contribution >= 4 is 0 Å². The Labute approximate surface area is 105 Å². The summed E-state index contributed by atoms with van der Waals surface area (Å²) in [5.74, 6) is -0.607. The van der Waals surface area contributed by atoms with Gasteiger partial charge in [0, 0.05) is 12.8 Å². The Morgan fingerprint density at radius 2 is 1.89 bits per heavy atom. The van der Waals surface area contributed by atoms with Crippen molar-refractivity contribution in [3.05, 3.63) is 0 Å². The highest BCUT2D eigenvalue weighted by molar-refractivity contribution is 4.97. The lowest BCUT2D eigenvalue weighted by Gasteiger charge is -2.33. The summed E-state index contributed by atoms with van der Waals surface area (Å²) in [6.07, 6.45) is 0.824. The molecule has 1 aliphatic carbocycles. The molecule has 1 spiro atoms. The first-order valence-corrected chi connectivity index (χ1v) is 6.63. The Morgan fingerprint density at radius 3 is 2.50 bits per heavy atom. The zero-order chi connectivity index (χ0) is 12.8. The van der Waals surface area contributed by atoms with E-state index in [0.717, 1.165) is 25.7 Å². The molecule has 2 heterocycles. The van der Waals surface area contributed by atoms with Crippen LogP contribution in [-0.4, -0.2) is 58.4 Å². The predicted molar refractivity (Wildman–Crippen MR) is 59.5 cm³/mol. The van der Waals surface area contributed by atoms with Crippen molar-refractivity contribution in [1.82, 2.24) is 0 Å². The summed E-state index contributed by atoms with van der Waals surface area (Å²) in [5, 5.41) is 28.5. The van der Waals surface area contributed by atoms with Gasteiger partial charge in [0.05, 0.1) is 6.61 Å². The van der Waals surface area contributed by atoms with E-state index in [1.165, 1.54) is 6.42 Å². The second kappa shape index (κ2) is 4.70. The number of aliphatic hydroxyl groups is 3. The van der Waals surface area contributed by atoms with Crippen molar-refractivity contribution < 1.29 is 29.5 Å². The molecule has 0 aromatic heterocycles. The van der Waals surface area contributed by atoms with Crippen molar-refractivity contribution in [3.8, 4) is 0 Å². The van der Waals surface area contributed by atoms with E-state index in [1.807, 2.05) is 0 Å². The van der Waals surface area contributed by atoms with Crippen molar-refractivity contribution in [2.45, 2.75) is 68.6 Å². The van der Waals surface area contributed by atoms with E-state index < -0.39 is 43.1 Å². The molecule has 0 bridgehead atoms. The van der Waals surface area contributed by atoms with E-state index >= 15 is 0 Å². The number of aliphatic hydroxyl groups excluding tert-OH is 3. The number of fused-ring (bicyclic) bond motifs is 1. The standard InChI is InChI=1S/C12H20O6/c13-6-7(14)9-8(15)10-11(16-9)18-12(17-10)4-2-1-3-5-12/h7-11,13-15H,1-6H2/t7-,8+,9-,10-,11-/m0/s1. The van der Waals surface area contributed by atoms with Crippen LogP contribution in [0, 0.1) is 0 Å². The van der Waals surface area contributed by atoms with Gasteiger partial charge in [-0.3, -0.25) is 0 Å². The minimum atomic E-state index is -1.11. The smallest absolute Gasteiger partial charge is 0.190 e. The van der Waals surface area contributed by atoms with E-state index in [4.69, 9.17) is 19.3 Å². The SMILES string of the molecule is OC[C@H](O)[C@@H]1O[C@H]2OC3(CCCCC3)O[C@H]2[C@@H]1O. The third kappa shape index (κ3) is 1.97. The van der Waals surface area contributed by atoms with Gasteiger partial charge in [-0.15, -0.1) is 0 Å². The fourth-order valence-electron chi connectivity index (χ4n) is 3.12. The Morgan fingerprint density at radius 1 is 1.17 bits per heavy atom. The first-order valence-electron chi connectivity index (χ1n) is 6.63. The largest absolute Gasteiger partial charge is 0.394 e. The lowest BCUT2D eigenvalue weighted by Crippen LogP contribution is -2.43. The van der Waals surface area contributed by atoms with Crippen molar-refractivity contribution in [2.75, 3.05) is 6.61 Å². The molecule has 104 valence electrons. The average molecular weight is 260 g/mol. The summed E-state index contributed by atoms with van der Waals surface area (Å²) in [6, 6.07) is 0. The summed E-state index contributed by atoms with van der Waals surface area (Å²) in [7, 11) is 0. The van der Waals surface area contributed by atoms with Crippen LogP contribution in [0.1, 0.15) is 32.1 Å². The molecule has 6 heteroatoms. The van der Waals surface area contributed by atoms with Gasteiger partial charge in [-0.25, -0.2) is 0 Å². The van der Waals surface area contributed by atoms with Crippen LogP contribution in [0.15, 0.2) is 0 Å². The molecule has 2 aliphatic heterocycles. The minimum Gasteiger partial charge on any atom is -0.394 e. The molecule has 0 aromatic rings. The fraction of sp³-hybridized carbons (Fsp3) is 1.00. The predicted octanol–water partition coefficient (Wildman–Crippen LogP) is -0.499. The van der Waals surface area contributed by atoms with E-state index in [1.54, 1.807) is 0 Å². The van der Waals surface area contributed by atoms with Crippen molar-refractivity contribution in [2.24, 2.45) is 0 Å². The molecule has 18 heavy (non-hydrogen) atoms. The molecule has 3 aliphatic rings. The minimum absolute atomic E-state index is 0.452. The molecule has 0 unspecified atom stereocenters. The Kier molecular flexibility index (Phi) is 3.34. The highest BCUT2D eigenvalue weighted by Crippen LogP contribution is 2.45. The summed E-state index contributed by atoms with van der Waals surface area (Å²) in [4.78, 5) is 0. The summed E-state index contributed by atoms with van der Waals surface area (Å²) < 4.78 is 17.1. The molecule has 0 amide bonds. The molecule has 0 radical (unpaired) electrons. The topological polar surface area (TPSA) is 88.4 Å². The monoisotopic (exact) mass is 260 g/mol. The van der Waals surface area contributed by atoms with Gasteiger partial charge in [0.2, 0.25) is 0 Å². The lowest BCUT2D eigenvalue weighted by atomic mass is 9.94. The van der Waals surface area contributed by atoms with Gasteiger partial charge in [-0.05, 0) is 12.8 Å². The number of rotatable bonds is 2. The second-order valence-electron chi connectivity index (χ2n) is 5.38. The third-order valence-electron chi connectivity index (χ3n) is 4.10. The van der Waals surface area contributed by atoms with Crippen molar-refractivity contribution in [1.29, 1.82) is 0 Å². The van der Waals surface area contributed by atoms with Crippen LogP contribution < -0.4 is 0 Å². The van der Waals surface area contributed by atoms with E-state index in [0.29, 0.717) is 0 Å². The Balaban J connectivity index is 1.68. The maximum atomic E-state index is 10.1. The van der Waals surface area contributed by atoms with Gasteiger partial charge in [0.1, 0.15) is 24.4 Å². The number of ether oxygens (including phenoxy) is 3. The fourth-order valence-corrected chi connectivity index (χ4v) is 3.12. The molecule has 5 atom stereocenters. The van der Waals surface area contributed by atoms with Gasteiger partial charge in [0.15, 0.2) is 12.1 Å². The van der Waals surface area contributed by atoms with Crippen LogP contribution in [0.25, 0.3) is 0 Å². The van der Waals surface area contributed by atoms with Crippen LogP contribution in [0.3, 0.4) is 0 Å². The quantitative estimate of drug-likeness (QED) is 0.620. The van der Waals surface area contributed by atoms with Gasteiger partial charge >= 0.3 is 0 Å². The highest BCUT2D eigenvalue weighted by atomic mass is 16.8. The molecule has 2 saturated heterocycles. The van der Waals surface area contributed by atoms with Crippen LogP contribution >= 0.6 is 0 Å². The van der Waals surface area contributed by atoms with Gasteiger partial charge in [-0.1, -0.05) is 6.42 Å². The highest BCUT2D eigenvalue weighted by Gasteiger charge is 2.58.